The Balaban J connectivity index is 3.87. The van der Waals surface area contributed by atoms with Gasteiger partial charge in [-0.15, -0.1) is 0 Å². The molecule has 15 heavy (non-hydrogen) atoms. The zero-order chi connectivity index (χ0) is 11.7. The average Bonchev–Trinajstić information content (AvgIpc) is 2.15. The minimum atomic E-state index is -2.58. The first kappa shape index (κ1) is 14.1. The SMILES string of the molecule is CNCCC(F)(F)CC/C=C(C)\C=C\N. The van der Waals surface area contributed by atoms with Crippen LogP contribution in [0.1, 0.15) is 26.2 Å². The zero-order valence-electron chi connectivity index (χ0n) is 9.39. The van der Waals surface area contributed by atoms with Crippen molar-refractivity contribution in [1.29, 1.82) is 0 Å². The zero-order valence-corrected chi connectivity index (χ0v) is 9.39. The lowest BCUT2D eigenvalue weighted by molar-refractivity contribution is -0.0142. The van der Waals surface area contributed by atoms with Crippen LogP contribution in [0.2, 0.25) is 0 Å². The summed E-state index contributed by atoms with van der Waals surface area (Å²) >= 11 is 0. The van der Waals surface area contributed by atoms with E-state index in [4.69, 9.17) is 5.73 Å². The molecule has 0 saturated heterocycles. The number of nitrogens with two attached hydrogens (primary N) is 1. The average molecular weight is 218 g/mol. The van der Waals surface area contributed by atoms with Gasteiger partial charge in [-0.3, -0.25) is 0 Å². The second-order valence-corrected chi connectivity index (χ2v) is 3.56. The van der Waals surface area contributed by atoms with Gasteiger partial charge in [0.05, 0.1) is 0 Å². The van der Waals surface area contributed by atoms with Gasteiger partial charge in [-0.2, -0.15) is 0 Å². The van der Waals surface area contributed by atoms with E-state index in [-0.39, 0.29) is 12.8 Å². The quantitative estimate of drug-likeness (QED) is 0.644. The fraction of sp³-hybridized carbons (Fsp3) is 0.636. The Morgan fingerprint density at radius 3 is 2.60 bits per heavy atom. The van der Waals surface area contributed by atoms with Gasteiger partial charge in [0.2, 0.25) is 5.92 Å². The van der Waals surface area contributed by atoms with Crippen molar-refractivity contribution in [3.8, 4) is 0 Å². The fourth-order valence-corrected chi connectivity index (χ4v) is 1.16. The predicted octanol–water partition coefficient (Wildman–Crippen LogP) is 2.43. The van der Waals surface area contributed by atoms with Crippen LogP contribution in [0, 0.1) is 0 Å². The lowest BCUT2D eigenvalue weighted by atomic mass is 10.1. The number of rotatable bonds is 7. The summed E-state index contributed by atoms with van der Waals surface area (Å²) in [5.41, 5.74) is 6.09. The largest absolute Gasteiger partial charge is 0.405 e. The molecule has 2 nitrogen and oxygen atoms in total. The Labute approximate surface area is 90.2 Å². The smallest absolute Gasteiger partial charge is 0.249 e. The van der Waals surface area contributed by atoms with E-state index in [0.29, 0.717) is 13.0 Å². The molecule has 0 rings (SSSR count). The van der Waals surface area contributed by atoms with E-state index >= 15 is 0 Å². The summed E-state index contributed by atoms with van der Waals surface area (Å²) in [6.07, 6.45) is 5.05. The molecule has 4 heteroatoms. The molecule has 88 valence electrons. The molecule has 0 unspecified atom stereocenters. The second-order valence-electron chi connectivity index (χ2n) is 3.56. The Bertz CT molecular complexity index is 223. The Morgan fingerprint density at radius 2 is 2.07 bits per heavy atom. The highest BCUT2D eigenvalue weighted by Crippen LogP contribution is 2.24. The van der Waals surface area contributed by atoms with E-state index in [1.54, 1.807) is 19.2 Å². The highest BCUT2D eigenvalue weighted by atomic mass is 19.3. The number of halogens is 2. The first-order valence-corrected chi connectivity index (χ1v) is 5.09. The van der Waals surface area contributed by atoms with Crippen LogP contribution in [-0.2, 0) is 0 Å². The van der Waals surface area contributed by atoms with Crippen molar-refractivity contribution in [2.75, 3.05) is 13.6 Å². The molecule has 0 aliphatic carbocycles. The first-order chi connectivity index (χ1) is 7.02. The molecular weight excluding hydrogens is 198 g/mol. The van der Waals surface area contributed by atoms with Gasteiger partial charge in [0.25, 0.3) is 0 Å². The molecule has 0 aliphatic heterocycles. The molecule has 3 N–H and O–H groups in total. The van der Waals surface area contributed by atoms with Crippen molar-refractivity contribution < 1.29 is 8.78 Å². The lowest BCUT2D eigenvalue weighted by Gasteiger charge is -2.14. The van der Waals surface area contributed by atoms with Crippen molar-refractivity contribution in [3.63, 3.8) is 0 Å². The maximum Gasteiger partial charge on any atom is 0.249 e. The van der Waals surface area contributed by atoms with Gasteiger partial charge in [0, 0.05) is 19.4 Å². The minimum absolute atomic E-state index is 0.107. The summed E-state index contributed by atoms with van der Waals surface area (Å²) in [4.78, 5) is 0. The van der Waals surface area contributed by atoms with Gasteiger partial charge in [0.15, 0.2) is 0 Å². The van der Waals surface area contributed by atoms with Crippen LogP contribution >= 0.6 is 0 Å². The molecular formula is C11H20F2N2. The van der Waals surface area contributed by atoms with Crippen LogP contribution in [-0.4, -0.2) is 19.5 Å². The van der Waals surface area contributed by atoms with E-state index in [9.17, 15) is 8.78 Å². The van der Waals surface area contributed by atoms with E-state index in [1.165, 1.54) is 6.20 Å². The third-order valence-corrected chi connectivity index (χ3v) is 2.08. The van der Waals surface area contributed by atoms with Gasteiger partial charge in [-0.1, -0.05) is 11.6 Å². The van der Waals surface area contributed by atoms with Gasteiger partial charge in [0.1, 0.15) is 0 Å². The third kappa shape index (κ3) is 8.12. The van der Waals surface area contributed by atoms with Crippen LogP contribution in [0.15, 0.2) is 23.9 Å². The van der Waals surface area contributed by atoms with Crippen LogP contribution in [0.5, 0.6) is 0 Å². The molecule has 0 aliphatic rings. The Kier molecular flexibility index (Phi) is 6.96. The molecule has 0 saturated carbocycles. The standard InChI is InChI=1S/C11H20F2N2/c1-10(5-8-14)4-3-6-11(12,13)7-9-15-2/h4-5,8,15H,3,6-7,9,14H2,1-2H3/b8-5+,10-4-. The molecule has 0 radical (unpaired) electrons. The van der Waals surface area contributed by atoms with Gasteiger partial charge in [-0.05, 0) is 32.7 Å². The van der Waals surface area contributed by atoms with Crippen LogP contribution in [0.4, 0.5) is 8.78 Å². The molecule has 0 heterocycles. The fourth-order valence-electron chi connectivity index (χ4n) is 1.16. The number of nitrogens with one attached hydrogen (secondary N) is 1. The number of hydrogen-bond acceptors (Lipinski definition) is 2. The molecule has 0 fully saturated rings. The summed E-state index contributed by atoms with van der Waals surface area (Å²) in [5, 5.41) is 2.72. The summed E-state index contributed by atoms with van der Waals surface area (Å²) in [6, 6.07) is 0. The molecule has 0 bridgehead atoms. The molecule has 0 aromatic carbocycles. The topological polar surface area (TPSA) is 38.0 Å². The molecule has 0 aromatic rings. The molecule has 0 amide bonds. The number of alkyl halides is 2. The van der Waals surface area contributed by atoms with Crippen molar-refractivity contribution in [3.05, 3.63) is 23.9 Å². The normalized spacial score (nSPS) is 13.7. The maximum atomic E-state index is 13.1. The van der Waals surface area contributed by atoms with Crippen LogP contribution in [0.3, 0.4) is 0 Å². The van der Waals surface area contributed by atoms with E-state index in [1.807, 2.05) is 6.92 Å². The highest BCUT2D eigenvalue weighted by molar-refractivity contribution is 5.14. The molecule has 0 atom stereocenters. The summed E-state index contributed by atoms with van der Waals surface area (Å²) in [6.45, 7) is 2.19. The van der Waals surface area contributed by atoms with E-state index in [0.717, 1.165) is 5.57 Å². The van der Waals surface area contributed by atoms with Crippen LogP contribution < -0.4 is 11.1 Å². The lowest BCUT2D eigenvalue weighted by Crippen LogP contribution is -2.22. The monoisotopic (exact) mass is 218 g/mol. The van der Waals surface area contributed by atoms with Gasteiger partial charge >= 0.3 is 0 Å². The highest BCUT2D eigenvalue weighted by Gasteiger charge is 2.26. The number of allylic oxidation sites excluding steroid dienone is 3. The summed E-state index contributed by atoms with van der Waals surface area (Å²) in [7, 11) is 1.67. The van der Waals surface area contributed by atoms with E-state index in [2.05, 4.69) is 5.32 Å². The van der Waals surface area contributed by atoms with Crippen molar-refractivity contribution >= 4 is 0 Å². The summed E-state index contributed by atoms with van der Waals surface area (Å²) < 4.78 is 26.3. The minimum Gasteiger partial charge on any atom is -0.405 e. The Hall–Kier alpha value is -0.900. The first-order valence-electron chi connectivity index (χ1n) is 5.09. The van der Waals surface area contributed by atoms with Crippen molar-refractivity contribution in [2.24, 2.45) is 5.73 Å². The van der Waals surface area contributed by atoms with Crippen molar-refractivity contribution in [2.45, 2.75) is 32.1 Å². The molecule has 0 aromatic heterocycles. The van der Waals surface area contributed by atoms with Gasteiger partial charge < -0.3 is 11.1 Å². The van der Waals surface area contributed by atoms with Gasteiger partial charge in [-0.25, -0.2) is 8.78 Å². The maximum absolute atomic E-state index is 13.1. The Morgan fingerprint density at radius 1 is 1.40 bits per heavy atom. The van der Waals surface area contributed by atoms with E-state index < -0.39 is 5.92 Å². The predicted molar refractivity (Wildman–Crippen MR) is 59.8 cm³/mol. The van der Waals surface area contributed by atoms with Crippen LogP contribution in [0.25, 0.3) is 0 Å². The van der Waals surface area contributed by atoms with Crippen molar-refractivity contribution in [1.82, 2.24) is 5.32 Å². The number of hydrogen-bond donors (Lipinski definition) is 2. The summed E-state index contributed by atoms with van der Waals surface area (Å²) in [5.74, 6) is -2.58. The molecule has 0 spiro atoms. The second kappa shape index (κ2) is 7.40. The third-order valence-electron chi connectivity index (χ3n) is 2.08.